The van der Waals surface area contributed by atoms with Crippen molar-refractivity contribution in [3.63, 3.8) is 0 Å². The summed E-state index contributed by atoms with van der Waals surface area (Å²) in [6.07, 6.45) is 0. The molecule has 0 saturated carbocycles. The second kappa shape index (κ2) is 8.69. The van der Waals surface area contributed by atoms with Crippen molar-refractivity contribution in [1.82, 2.24) is 4.57 Å². The van der Waals surface area contributed by atoms with Gasteiger partial charge in [0, 0.05) is 43.6 Å². The van der Waals surface area contributed by atoms with E-state index in [-0.39, 0.29) is 0 Å². The van der Waals surface area contributed by atoms with Crippen LogP contribution in [0.4, 0.5) is 5.69 Å². The van der Waals surface area contributed by atoms with Crippen molar-refractivity contribution in [2.75, 3.05) is 5.73 Å². The number of para-hydroxylation sites is 2. The smallest absolute Gasteiger partial charge is 0.136 e. The van der Waals surface area contributed by atoms with Gasteiger partial charge in [0.25, 0.3) is 0 Å². The van der Waals surface area contributed by atoms with Crippen molar-refractivity contribution < 1.29 is 4.42 Å². The third kappa shape index (κ3) is 3.53. The first-order valence-electron chi connectivity index (χ1n) is 13.1. The van der Waals surface area contributed by atoms with Crippen LogP contribution < -0.4 is 5.73 Å². The molecule has 0 aliphatic rings. The van der Waals surface area contributed by atoms with Crippen molar-refractivity contribution in [2.45, 2.75) is 10.6 Å². The topological polar surface area (TPSA) is 44.1 Å². The van der Waals surface area contributed by atoms with Gasteiger partial charge < -0.3 is 14.7 Å². The molecule has 2 N–H and O–H groups in total. The van der Waals surface area contributed by atoms with Crippen LogP contribution in [0.5, 0.6) is 0 Å². The number of thioether (sulfide) groups is 1. The van der Waals surface area contributed by atoms with Gasteiger partial charge in [-0.05, 0) is 64.9 Å². The maximum atomic E-state index is 6.52. The first-order valence-corrected chi connectivity index (χ1v) is 14.1. The molecule has 186 valence electrons. The lowest BCUT2D eigenvalue weighted by atomic mass is 10.1. The molecule has 2 aromatic heterocycles. The number of benzene rings is 6. The number of rotatable bonds is 4. The second-order valence-corrected chi connectivity index (χ2v) is 11.0. The van der Waals surface area contributed by atoms with Crippen LogP contribution >= 0.6 is 11.8 Å². The van der Waals surface area contributed by atoms with Crippen molar-refractivity contribution in [3.05, 3.63) is 127 Å². The number of hydrogen-bond acceptors (Lipinski definition) is 3. The molecule has 0 fully saturated rings. The van der Waals surface area contributed by atoms with Gasteiger partial charge in [-0.15, -0.1) is 11.8 Å². The highest BCUT2D eigenvalue weighted by molar-refractivity contribution is 7.99. The van der Waals surface area contributed by atoms with E-state index in [4.69, 9.17) is 10.2 Å². The summed E-state index contributed by atoms with van der Waals surface area (Å²) >= 11 is 1.77. The van der Waals surface area contributed by atoms with Crippen molar-refractivity contribution >= 4 is 72.0 Å². The third-order valence-electron chi connectivity index (χ3n) is 7.62. The molecule has 39 heavy (non-hydrogen) atoms. The molecule has 0 bridgehead atoms. The minimum atomic E-state index is 0.783. The van der Waals surface area contributed by atoms with Crippen LogP contribution in [0.25, 0.3) is 60.2 Å². The van der Waals surface area contributed by atoms with E-state index in [1.165, 1.54) is 38.1 Å². The van der Waals surface area contributed by atoms with Gasteiger partial charge >= 0.3 is 0 Å². The quantitative estimate of drug-likeness (QED) is 0.186. The van der Waals surface area contributed by atoms with Crippen LogP contribution in [0.2, 0.25) is 0 Å². The molecule has 8 rings (SSSR count). The zero-order valence-electron chi connectivity index (χ0n) is 21.1. The van der Waals surface area contributed by atoms with Gasteiger partial charge in [-0.3, -0.25) is 0 Å². The molecular formula is C35H24N2OS. The molecule has 0 atom stereocenters. The Morgan fingerprint density at radius 2 is 1.36 bits per heavy atom. The lowest BCUT2D eigenvalue weighted by molar-refractivity contribution is 0.668. The van der Waals surface area contributed by atoms with Crippen LogP contribution in [0.3, 0.4) is 0 Å². The first kappa shape index (κ1) is 22.3. The maximum absolute atomic E-state index is 6.52. The van der Waals surface area contributed by atoms with Crippen molar-refractivity contribution in [3.8, 4) is 5.69 Å². The van der Waals surface area contributed by atoms with Crippen LogP contribution in [-0.2, 0) is 5.75 Å². The number of fused-ring (bicyclic) bond motifs is 7. The Morgan fingerprint density at radius 3 is 2.23 bits per heavy atom. The van der Waals surface area contributed by atoms with E-state index in [0.29, 0.717) is 0 Å². The van der Waals surface area contributed by atoms with E-state index in [1.54, 1.807) is 11.8 Å². The van der Waals surface area contributed by atoms with Gasteiger partial charge in [-0.1, -0.05) is 72.8 Å². The van der Waals surface area contributed by atoms with Gasteiger partial charge in [0.1, 0.15) is 11.2 Å². The van der Waals surface area contributed by atoms with E-state index in [2.05, 4.69) is 102 Å². The predicted molar refractivity (Wildman–Crippen MR) is 166 cm³/mol. The van der Waals surface area contributed by atoms with E-state index >= 15 is 0 Å². The predicted octanol–water partition coefficient (Wildman–Crippen LogP) is 9.71. The molecule has 6 aromatic carbocycles. The molecule has 8 aromatic rings. The highest BCUT2D eigenvalue weighted by Gasteiger charge is 2.16. The summed E-state index contributed by atoms with van der Waals surface area (Å²) in [5.41, 5.74) is 13.9. The molecule has 0 aliphatic carbocycles. The van der Waals surface area contributed by atoms with Crippen molar-refractivity contribution in [2.24, 2.45) is 0 Å². The van der Waals surface area contributed by atoms with Gasteiger partial charge in [-0.2, -0.15) is 0 Å². The molecule has 2 heterocycles. The molecule has 0 unspecified atom stereocenters. The normalized spacial score (nSPS) is 11.9. The lowest BCUT2D eigenvalue weighted by Crippen LogP contribution is -1.94. The molecule has 0 aliphatic heterocycles. The van der Waals surface area contributed by atoms with E-state index in [1.807, 2.05) is 24.3 Å². The monoisotopic (exact) mass is 520 g/mol. The number of hydrogen-bond donors (Lipinski definition) is 1. The number of nitrogens with two attached hydrogens (primary N) is 1. The molecule has 0 amide bonds. The van der Waals surface area contributed by atoms with Crippen LogP contribution in [0.1, 0.15) is 5.56 Å². The van der Waals surface area contributed by atoms with Gasteiger partial charge in [0.15, 0.2) is 0 Å². The summed E-state index contributed by atoms with van der Waals surface area (Å²) in [6.45, 7) is 0. The summed E-state index contributed by atoms with van der Waals surface area (Å²) < 4.78 is 8.51. The summed E-state index contributed by atoms with van der Waals surface area (Å²) in [4.78, 5) is 1.08. The average Bonchev–Trinajstić information content (AvgIpc) is 3.51. The van der Waals surface area contributed by atoms with E-state index in [9.17, 15) is 0 Å². The number of nitrogens with zero attached hydrogens (tertiary/aromatic N) is 1. The molecule has 4 heteroatoms. The summed E-state index contributed by atoms with van der Waals surface area (Å²) in [6, 6.07) is 42.8. The molecule has 0 radical (unpaired) electrons. The SMILES string of the molecule is Nc1ccc2oc3ccccc3c2c1SCc1ccc2c3cc4ccccc4cc3n(-c3ccccc3)c2c1. The van der Waals surface area contributed by atoms with Crippen LogP contribution in [0.15, 0.2) is 131 Å². The highest BCUT2D eigenvalue weighted by Crippen LogP contribution is 2.41. The second-order valence-electron chi connectivity index (χ2n) is 9.98. The largest absolute Gasteiger partial charge is 0.456 e. The Bertz CT molecular complexity index is 2190. The van der Waals surface area contributed by atoms with Crippen LogP contribution in [-0.4, -0.2) is 4.57 Å². The van der Waals surface area contributed by atoms with Gasteiger partial charge in [0.05, 0.1) is 11.0 Å². The minimum absolute atomic E-state index is 0.783. The van der Waals surface area contributed by atoms with E-state index < -0.39 is 0 Å². The van der Waals surface area contributed by atoms with Crippen molar-refractivity contribution in [1.29, 1.82) is 0 Å². The maximum Gasteiger partial charge on any atom is 0.136 e. The number of aromatic nitrogens is 1. The zero-order chi connectivity index (χ0) is 25.9. The Kier molecular flexibility index (Phi) is 4.97. The average molecular weight is 521 g/mol. The number of nitrogen functional groups attached to an aromatic ring is 1. The highest BCUT2D eigenvalue weighted by atomic mass is 32.2. The van der Waals surface area contributed by atoms with E-state index in [0.717, 1.165) is 44.0 Å². The molecule has 3 nitrogen and oxygen atoms in total. The lowest BCUT2D eigenvalue weighted by Gasteiger charge is -2.10. The molecular weight excluding hydrogens is 496 g/mol. The Balaban J connectivity index is 1.28. The summed E-state index contributed by atoms with van der Waals surface area (Å²) in [5.74, 6) is 0.803. The third-order valence-corrected chi connectivity index (χ3v) is 8.83. The zero-order valence-corrected chi connectivity index (χ0v) is 21.9. The first-order chi connectivity index (χ1) is 19.2. The Labute approximate surface area is 229 Å². The number of furan rings is 1. The molecule has 0 saturated heterocycles. The Morgan fingerprint density at radius 1 is 0.615 bits per heavy atom. The number of anilines is 1. The van der Waals surface area contributed by atoms with Gasteiger partial charge in [-0.25, -0.2) is 0 Å². The minimum Gasteiger partial charge on any atom is -0.456 e. The molecule has 0 spiro atoms. The standard InChI is InChI=1S/C35H24N2OS/c36-29-16-17-33-34(27-12-6-7-13-32(27)38-33)35(29)39-21-22-14-15-26-28-19-23-8-4-5-9-24(23)20-31(28)37(30(26)18-22)25-10-2-1-3-11-25/h1-20H,21,36H2. The fourth-order valence-corrected chi connectivity index (χ4v) is 6.89. The fourth-order valence-electron chi connectivity index (χ4n) is 5.81. The summed E-state index contributed by atoms with van der Waals surface area (Å²) in [5, 5.41) is 7.24. The van der Waals surface area contributed by atoms with Crippen LogP contribution in [0, 0.1) is 0 Å². The Hall–Kier alpha value is -4.67. The summed E-state index contributed by atoms with van der Waals surface area (Å²) in [7, 11) is 0. The van der Waals surface area contributed by atoms with Gasteiger partial charge in [0.2, 0.25) is 0 Å². The fraction of sp³-hybridized carbons (Fsp3) is 0.0286.